The van der Waals surface area contributed by atoms with Gasteiger partial charge in [0, 0.05) is 19.3 Å². The monoisotopic (exact) mass is 354 g/mol. The Morgan fingerprint density at radius 3 is 2.67 bits per heavy atom. The molecular weight excluding hydrogens is 341 g/mol. The molecule has 1 heterocycles. The molecule has 2 aromatic rings. The molecule has 6 nitrogen and oxygen atoms in total. The largest absolute Gasteiger partial charge is 0.453 e. The molecule has 0 atom stereocenters. The first kappa shape index (κ1) is 17.7. The van der Waals surface area contributed by atoms with E-state index in [9.17, 15) is 13.2 Å². The lowest BCUT2D eigenvalue weighted by Crippen LogP contribution is -2.17. The Labute approximate surface area is 140 Å². The second kappa shape index (κ2) is 7.27. The van der Waals surface area contributed by atoms with Crippen LogP contribution in [0.5, 0.6) is 0 Å². The van der Waals surface area contributed by atoms with Crippen LogP contribution in [0.25, 0.3) is 0 Å². The van der Waals surface area contributed by atoms with Crippen molar-refractivity contribution in [1.29, 1.82) is 5.26 Å². The van der Waals surface area contributed by atoms with Crippen molar-refractivity contribution in [2.75, 3.05) is 18.5 Å². The van der Waals surface area contributed by atoms with Crippen molar-refractivity contribution < 1.29 is 13.2 Å². The van der Waals surface area contributed by atoms with Crippen LogP contribution in [0.2, 0.25) is 0 Å². The minimum Gasteiger partial charge on any atom is -0.374 e. The number of hydrogen-bond donors (Lipinski definition) is 1. The Hall–Kier alpha value is -2.67. The zero-order chi connectivity index (χ0) is 17.7. The molecule has 0 unspecified atom stereocenters. The minimum atomic E-state index is -4.65. The highest BCUT2D eigenvalue weighted by atomic mass is 32.1. The number of nitrogens with zero attached hydrogens (tertiary/aromatic N) is 5. The molecule has 0 saturated carbocycles. The molecular formula is C14H13F3N6S. The van der Waals surface area contributed by atoms with E-state index < -0.39 is 12.0 Å². The van der Waals surface area contributed by atoms with E-state index in [2.05, 4.69) is 21.4 Å². The van der Waals surface area contributed by atoms with Crippen molar-refractivity contribution in [2.24, 2.45) is 5.10 Å². The smallest absolute Gasteiger partial charge is 0.374 e. The summed E-state index contributed by atoms with van der Waals surface area (Å²) in [7, 11) is 1.85. The Morgan fingerprint density at radius 1 is 1.42 bits per heavy atom. The van der Waals surface area contributed by atoms with E-state index >= 15 is 0 Å². The lowest BCUT2D eigenvalue weighted by Gasteiger charge is -2.17. The summed E-state index contributed by atoms with van der Waals surface area (Å²) in [4.78, 5) is 1.90. The Balaban J connectivity index is 2.18. The maximum Gasteiger partial charge on any atom is 0.453 e. The maximum absolute atomic E-state index is 12.8. The van der Waals surface area contributed by atoms with Crippen molar-refractivity contribution >= 4 is 24.1 Å². The molecule has 1 aromatic heterocycles. The predicted molar refractivity (Wildman–Crippen MR) is 85.3 cm³/mol. The summed E-state index contributed by atoms with van der Waals surface area (Å²) in [6, 6.07) is 9.06. The number of aromatic nitrogens is 3. The van der Waals surface area contributed by atoms with Crippen LogP contribution in [0, 0.1) is 16.1 Å². The van der Waals surface area contributed by atoms with Gasteiger partial charge in [-0.2, -0.15) is 28.2 Å². The van der Waals surface area contributed by atoms with Gasteiger partial charge in [0.2, 0.25) is 4.77 Å². The van der Waals surface area contributed by atoms with E-state index in [1.807, 2.05) is 11.9 Å². The highest BCUT2D eigenvalue weighted by Crippen LogP contribution is 2.27. The van der Waals surface area contributed by atoms with Crippen LogP contribution in [0.1, 0.15) is 17.8 Å². The van der Waals surface area contributed by atoms with Crippen LogP contribution >= 0.6 is 12.2 Å². The number of rotatable bonds is 5. The van der Waals surface area contributed by atoms with E-state index in [0.717, 1.165) is 5.69 Å². The molecule has 24 heavy (non-hydrogen) atoms. The van der Waals surface area contributed by atoms with Gasteiger partial charge < -0.3 is 4.90 Å². The molecule has 2 rings (SSSR count). The summed E-state index contributed by atoms with van der Waals surface area (Å²) < 4.78 is 38.6. The number of benzene rings is 1. The van der Waals surface area contributed by atoms with E-state index in [1.165, 1.54) is 6.21 Å². The quantitative estimate of drug-likeness (QED) is 0.661. The molecule has 10 heteroatoms. The number of anilines is 1. The van der Waals surface area contributed by atoms with Crippen molar-refractivity contribution in [3.8, 4) is 6.07 Å². The van der Waals surface area contributed by atoms with E-state index in [-0.39, 0.29) is 4.77 Å². The molecule has 0 bridgehead atoms. The highest BCUT2D eigenvalue weighted by Gasteiger charge is 2.37. The molecule has 0 aliphatic carbocycles. The van der Waals surface area contributed by atoms with E-state index in [4.69, 9.17) is 17.5 Å². The zero-order valence-electron chi connectivity index (χ0n) is 12.6. The third-order valence-corrected chi connectivity index (χ3v) is 3.38. The fraction of sp³-hybridized carbons (Fsp3) is 0.286. The summed E-state index contributed by atoms with van der Waals surface area (Å²) in [5.41, 5.74) is 1.49. The fourth-order valence-electron chi connectivity index (χ4n) is 1.87. The summed E-state index contributed by atoms with van der Waals surface area (Å²) in [6.07, 6.45) is -2.99. The summed E-state index contributed by atoms with van der Waals surface area (Å²) in [6.45, 7) is 0.586. The molecule has 0 aliphatic heterocycles. The Morgan fingerprint density at radius 2 is 2.08 bits per heavy atom. The fourth-order valence-corrected chi connectivity index (χ4v) is 2.05. The first-order valence-corrected chi connectivity index (χ1v) is 7.21. The topological polar surface area (TPSA) is 73.0 Å². The van der Waals surface area contributed by atoms with Crippen molar-refractivity contribution in [3.63, 3.8) is 0 Å². The maximum atomic E-state index is 12.8. The van der Waals surface area contributed by atoms with Crippen molar-refractivity contribution in [2.45, 2.75) is 12.6 Å². The van der Waals surface area contributed by atoms with Gasteiger partial charge in [0.1, 0.15) is 0 Å². The van der Waals surface area contributed by atoms with Gasteiger partial charge in [-0.1, -0.05) is 12.1 Å². The normalized spacial score (nSPS) is 11.6. The minimum absolute atomic E-state index is 0.244. The molecule has 0 spiro atoms. The second-order valence-corrected chi connectivity index (χ2v) is 5.21. The molecule has 126 valence electrons. The molecule has 0 saturated heterocycles. The summed E-state index contributed by atoms with van der Waals surface area (Å²) in [5, 5.41) is 17.5. The van der Waals surface area contributed by atoms with Gasteiger partial charge in [-0.25, -0.2) is 5.10 Å². The predicted octanol–water partition coefficient (Wildman–Crippen LogP) is 3.19. The van der Waals surface area contributed by atoms with Crippen LogP contribution in [-0.4, -0.2) is 34.7 Å². The van der Waals surface area contributed by atoms with Gasteiger partial charge in [-0.15, -0.1) is 5.10 Å². The number of alkyl halides is 3. The highest BCUT2D eigenvalue weighted by molar-refractivity contribution is 7.71. The number of nitriles is 1. The van der Waals surface area contributed by atoms with Crippen LogP contribution in [0.3, 0.4) is 0 Å². The van der Waals surface area contributed by atoms with Crippen molar-refractivity contribution in [3.05, 3.63) is 40.4 Å². The zero-order valence-corrected chi connectivity index (χ0v) is 13.4. The average Bonchev–Trinajstić information content (AvgIpc) is 2.92. The van der Waals surface area contributed by atoms with Crippen LogP contribution < -0.4 is 4.90 Å². The van der Waals surface area contributed by atoms with Gasteiger partial charge in [-0.05, 0) is 29.9 Å². The number of H-pyrrole nitrogens is 1. The standard InChI is InChI=1S/C14H13F3N6S/c1-22(8-2-7-18)11-5-3-10(4-6-11)9-19-23-12(14(15,16)17)20-21-13(23)24/h3-6,9H,2,8H2,1H3,(H,21,24)/b19-9-. The molecule has 0 radical (unpaired) electrons. The van der Waals surface area contributed by atoms with Crippen LogP contribution in [0.15, 0.2) is 29.4 Å². The van der Waals surface area contributed by atoms with Crippen molar-refractivity contribution in [1.82, 2.24) is 14.9 Å². The lowest BCUT2D eigenvalue weighted by molar-refractivity contribution is -0.147. The van der Waals surface area contributed by atoms with Gasteiger partial charge in [0.05, 0.1) is 18.7 Å². The third-order valence-electron chi connectivity index (χ3n) is 3.12. The average molecular weight is 354 g/mol. The van der Waals surface area contributed by atoms with Gasteiger partial charge in [-0.3, -0.25) is 0 Å². The van der Waals surface area contributed by atoms with E-state index in [1.54, 1.807) is 24.3 Å². The molecule has 0 fully saturated rings. The summed E-state index contributed by atoms with van der Waals surface area (Å²) in [5.74, 6) is -1.21. The van der Waals surface area contributed by atoms with Gasteiger partial charge >= 0.3 is 6.18 Å². The number of hydrogen-bond acceptors (Lipinski definition) is 5. The first-order valence-electron chi connectivity index (χ1n) is 6.80. The third kappa shape index (κ3) is 4.20. The molecule has 1 aromatic carbocycles. The number of nitrogens with one attached hydrogen (secondary N) is 1. The lowest BCUT2D eigenvalue weighted by atomic mass is 10.2. The SMILES string of the molecule is CN(CCC#N)c1ccc(/C=N\n2c(C(F)(F)F)n[nH]c2=S)cc1. The van der Waals surface area contributed by atoms with Crippen LogP contribution in [-0.2, 0) is 6.18 Å². The second-order valence-electron chi connectivity index (χ2n) is 4.83. The number of halogens is 3. The Kier molecular flexibility index (Phi) is 5.35. The Bertz CT molecular complexity index is 813. The number of aromatic amines is 1. The van der Waals surface area contributed by atoms with Crippen LogP contribution in [0.4, 0.5) is 18.9 Å². The van der Waals surface area contributed by atoms with Gasteiger partial charge in [0.25, 0.3) is 5.82 Å². The first-order chi connectivity index (χ1) is 11.3. The van der Waals surface area contributed by atoms with Gasteiger partial charge in [0.15, 0.2) is 0 Å². The summed E-state index contributed by atoms with van der Waals surface area (Å²) >= 11 is 4.75. The molecule has 0 amide bonds. The van der Waals surface area contributed by atoms with E-state index in [0.29, 0.717) is 23.2 Å². The molecule has 1 N–H and O–H groups in total. The molecule has 0 aliphatic rings.